The Labute approximate surface area is 120 Å². The van der Waals surface area contributed by atoms with Crippen molar-refractivity contribution in [2.24, 2.45) is 0 Å². The molecule has 110 valence electrons. The number of carbonyl (C=O) groups is 1. The lowest BCUT2D eigenvalue weighted by Crippen LogP contribution is -2.48. The van der Waals surface area contributed by atoms with Gasteiger partial charge in [-0.1, -0.05) is 0 Å². The first kappa shape index (κ1) is 13.6. The van der Waals surface area contributed by atoms with Crippen LogP contribution in [0.1, 0.15) is 38.6 Å². The SMILES string of the molecule is C[C@H](C(=O)N1CCC[C@H]1[C@H]1CCCN1C)n1cccn1. The molecule has 1 amide bonds. The van der Waals surface area contributed by atoms with E-state index in [9.17, 15) is 4.79 Å². The van der Waals surface area contributed by atoms with Crippen molar-refractivity contribution < 1.29 is 4.79 Å². The standard InChI is InChI=1S/C15H24N4O/c1-12(19-11-5-8-16-19)15(20)18-10-4-7-14(18)13-6-3-9-17(13)2/h5,8,11-14H,3-4,6-7,9-10H2,1-2H3/t12-,13-,14+/m1/s1. The van der Waals surface area contributed by atoms with Crippen molar-refractivity contribution in [1.82, 2.24) is 19.6 Å². The van der Waals surface area contributed by atoms with Crippen LogP contribution in [0.3, 0.4) is 0 Å². The van der Waals surface area contributed by atoms with Crippen molar-refractivity contribution in [2.45, 2.75) is 50.7 Å². The summed E-state index contributed by atoms with van der Waals surface area (Å²) in [6, 6.07) is 2.62. The molecule has 3 atom stereocenters. The minimum Gasteiger partial charge on any atom is -0.336 e. The lowest BCUT2D eigenvalue weighted by Gasteiger charge is -2.34. The molecular weight excluding hydrogens is 252 g/mol. The van der Waals surface area contributed by atoms with Crippen molar-refractivity contribution in [3.63, 3.8) is 0 Å². The van der Waals surface area contributed by atoms with Crippen molar-refractivity contribution in [2.75, 3.05) is 20.1 Å². The van der Waals surface area contributed by atoms with Gasteiger partial charge < -0.3 is 9.80 Å². The molecule has 2 aliphatic heterocycles. The highest BCUT2D eigenvalue weighted by atomic mass is 16.2. The number of nitrogens with zero attached hydrogens (tertiary/aromatic N) is 4. The van der Waals surface area contributed by atoms with E-state index in [1.165, 1.54) is 12.8 Å². The topological polar surface area (TPSA) is 41.4 Å². The predicted octanol–water partition coefficient (Wildman–Crippen LogP) is 1.53. The van der Waals surface area contributed by atoms with E-state index in [1.54, 1.807) is 10.9 Å². The van der Waals surface area contributed by atoms with Gasteiger partial charge in [-0.05, 0) is 52.3 Å². The highest BCUT2D eigenvalue weighted by molar-refractivity contribution is 5.80. The van der Waals surface area contributed by atoms with E-state index in [4.69, 9.17) is 0 Å². The Bertz CT molecular complexity index is 458. The Morgan fingerprint density at radius 3 is 2.65 bits per heavy atom. The third kappa shape index (κ3) is 2.35. The summed E-state index contributed by atoms with van der Waals surface area (Å²) in [5, 5.41) is 4.20. The van der Waals surface area contributed by atoms with Crippen LogP contribution in [0.15, 0.2) is 18.5 Å². The molecule has 5 nitrogen and oxygen atoms in total. The third-order valence-corrected chi connectivity index (χ3v) is 4.88. The zero-order valence-corrected chi connectivity index (χ0v) is 12.4. The van der Waals surface area contributed by atoms with Crippen molar-refractivity contribution in [1.29, 1.82) is 0 Å². The molecule has 0 saturated carbocycles. The summed E-state index contributed by atoms with van der Waals surface area (Å²) < 4.78 is 1.76. The number of likely N-dealkylation sites (tertiary alicyclic amines) is 2. The maximum atomic E-state index is 12.8. The fourth-order valence-corrected chi connectivity index (χ4v) is 3.75. The van der Waals surface area contributed by atoms with Gasteiger partial charge >= 0.3 is 0 Å². The first-order valence-corrected chi connectivity index (χ1v) is 7.68. The van der Waals surface area contributed by atoms with Gasteiger partial charge in [0.2, 0.25) is 5.91 Å². The molecule has 2 saturated heterocycles. The van der Waals surface area contributed by atoms with Gasteiger partial charge in [-0.25, -0.2) is 0 Å². The third-order valence-electron chi connectivity index (χ3n) is 4.88. The average molecular weight is 276 g/mol. The summed E-state index contributed by atoms with van der Waals surface area (Å²) in [6.45, 7) is 4.01. The van der Waals surface area contributed by atoms with Gasteiger partial charge in [-0.2, -0.15) is 5.10 Å². The van der Waals surface area contributed by atoms with Gasteiger partial charge in [0, 0.05) is 31.0 Å². The van der Waals surface area contributed by atoms with E-state index >= 15 is 0 Å². The first-order chi connectivity index (χ1) is 9.68. The van der Waals surface area contributed by atoms with Crippen LogP contribution >= 0.6 is 0 Å². The predicted molar refractivity (Wildman–Crippen MR) is 77.3 cm³/mol. The molecule has 1 aromatic heterocycles. The number of hydrogen-bond acceptors (Lipinski definition) is 3. The van der Waals surface area contributed by atoms with Crippen LogP contribution in [-0.4, -0.2) is 57.7 Å². The summed E-state index contributed by atoms with van der Waals surface area (Å²) >= 11 is 0. The highest BCUT2D eigenvalue weighted by Crippen LogP contribution is 2.30. The summed E-state index contributed by atoms with van der Waals surface area (Å²) in [5.74, 6) is 0.219. The van der Waals surface area contributed by atoms with E-state index in [0.717, 1.165) is 25.9 Å². The monoisotopic (exact) mass is 276 g/mol. The quantitative estimate of drug-likeness (QED) is 0.840. The Morgan fingerprint density at radius 2 is 2.00 bits per heavy atom. The number of rotatable bonds is 3. The molecular formula is C15H24N4O. The Morgan fingerprint density at radius 1 is 1.25 bits per heavy atom. The molecule has 0 radical (unpaired) electrons. The molecule has 1 aromatic rings. The second-order valence-corrected chi connectivity index (χ2v) is 6.09. The normalized spacial score (nSPS) is 29.0. The first-order valence-electron chi connectivity index (χ1n) is 7.68. The van der Waals surface area contributed by atoms with Gasteiger partial charge in [-0.3, -0.25) is 9.48 Å². The van der Waals surface area contributed by atoms with E-state index in [1.807, 2.05) is 19.2 Å². The zero-order valence-electron chi connectivity index (χ0n) is 12.4. The molecule has 0 unspecified atom stereocenters. The Balaban J connectivity index is 1.73. The molecule has 0 spiro atoms. The van der Waals surface area contributed by atoms with E-state index < -0.39 is 0 Å². The number of likely N-dealkylation sites (N-methyl/N-ethyl adjacent to an activating group) is 1. The molecule has 2 aliphatic rings. The Kier molecular flexibility index (Phi) is 3.78. The van der Waals surface area contributed by atoms with Gasteiger partial charge in [-0.15, -0.1) is 0 Å². The molecule has 5 heteroatoms. The fourth-order valence-electron chi connectivity index (χ4n) is 3.75. The maximum Gasteiger partial charge on any atom is 0.247 e. The van der Waals surface area contributed by atoms with Gasteiger partial charge in [0.15, 0.2) is 0 Å². The molecule has 0 aliphatic carbocycles. The van der Waals surface area contributed by atoms with Crippen LogP contribution in [0.5, 0.6) is 0 Å². The van der Waals surface area contributed by atoms with Crippen LogP contribution in [-0.2, 0) is 4.79 Å². The van der Waals surface area contributed by atoms with Gasteiger partial charge in [0.25, 0.3) is 0 Å². The number of hydrogen-bond donors (Lipinski definition) is 0. The van der Waals surface area contributed by atoms with Crippen LogP contribution in [0.25, 0.3) is 0 Å². The molecule has 3 rings (SSSR count). The molecule has 20 heavy (non-hydrogen) atoms. The summed E-state index contributed by atoms with van der Waals surface area (Å²) in [7, 11) is 2.19. The average Bonchev–Trinajstić information content (AvgIpc) is 3.17. The summed E-state index contributed by atoms with van der Waals surface area (Å²) in [4.78, 5) is 17.3. The number of aromatic nitrogens is 2. The van der Waals surface area contributed by atoms with E-state index in [-0.39, 0.29) is 11.9 Å². The van der Waals surface area contributed by atoms with Gasteiger partial charge in [0.05, 0.1) is 0 Å². The number of amides is 1. The second kappa shape index (κ2) is 5.56. The Hall–Kier alpha value is -1.36. The largest absolute Gasteiger partial charge is 0.336 e. The second-order valence-electron chi connectivity index (χ2n) is 6.09. The molecule has 0 aromatic carbocycles. The highest BCUT2D eigenvalue weighted by Gasteiger charge is 2.39. The minimum absolute atomic E-state index is 0.197. The molecule has 0 bridgehead atoms. The van der Waals surface area contributed by atoms with Crippen molar-refractivity contribution in [3.8, 4) is 0 Å². The van der Waals surface area contributed by atoms with E-state index in [0.29, 0.717) is 12.1 Å². The van der Waals surface area contributed by atoms with E-state index in [2.05, 4.69) is 21.9 Å². The summed E-state index contributed by atoms with van der Waals surface area (Å²) in [5.41, 5.74) is 0. The lowest BCUT2D eigenvalue weighted by atomic mass is 10.0. The van der Waals surface area contributed by atoms with Crippen LogP contribution in [0.4, 0.5) is 0 Å². The molecule has 0 N–H and O–H groups in total. The number of carbonyl (C=O) groups excluding carboxylic acids is 1. The molecule has 2 fully saturated rings. The zero-order chi connectivity index (χ0) is 14.1. The summed E-state index contributed by atoms with van der Waals surface area (Å²) in [6.07, 6.45) is 8.36. The van der Waals surface area contributed by atoms with Crippen LogP contribution in [0.2, 0.25) is 0 Å². The van der Waals surface area contributed by atoms with Crippen molar-refractivity contribution in [3.05, 3.63) is 18.5 Å². The maximum absolute atomic E-state index is 12.8. The minimum atomic E-state index is -0.197. The van der Waals surface area contributed by atoms with Gasteiger partial charge in [0.1, 0.15) is 6.04 Å². The smallest absolute Gasteiger partial charge is 0.247 e. The fraction of sp³-hybridized carbons (Fsp3) is 0.733. The van der Waals surface area contributed by atoms with Crippen molar-refractivity contribution >= 4 is 5.91 Å². The van der Waals surface area contributed by atoms with Crippen LogP contribution < -0.4 is 0 Å². The lowest BCUT2D eigenvalue weighted by molar-refractivity contribution is -0.136. The van der Waals surface area contributed by atoms with Crippen LogP contribution in [0, 0.1) is 0 Å². The molecule has 3 heterocycles.